The molecule has 8 nitrogen and oxygen atoms in total. The Hall–Kier alpha value is -3.69. The van der Waals surface area contributed by atoms with E-state index in [9.17, 15) is 13.6 Å². The van der Waals surface area contributed by atoms with E-state index in [1.165, 1.54) is 12.1 Å². The zero-order valence-corrected chi connectivity index (χ0v) is 18.7. The lowest BCUT2D eigenvalue weighted by Gasteiger charge is -2.35. The summed E-state index contributed by atoms with van der Waals surface area (Å²) in [5.41, 5.74) is 2.89. The van der Waals surface area contributed by atoms with Crippen LogP contribution >= 0.6 is 0 Å². The number of amides is 1. The highest BCUT2D eigenvalue weighted by Crippen LogP contribution is 2.32. The zero-order chi connectivity index (χ0) is 23.7. The minimum absolute atomic E-state index is 0.0113. The van der Waals surface area contributed by atoms with Crippen LogP contribution in [-0.4, -0.2) is 56.5 Å². The van der Waals surface area contributed by atoms with E-state index in [1.54, 1.807) is 30.4 Å². The first kappa shape index (κ1) is 22.1. The van der Waals surface area contributed by atoms with Crippen LogP contribution in [0.3, 0.4) is 0 Å². The summed E-state index contributed by atoms with van der Waals surface area (Å²) in [5, 5.41) is 0. The fourth-order valence-electron chi connectivity index (χ4n) is 4.34. The third-order valence-corrected chi connectivity index (χ3v) is 6.17. The van der Waals surface area contributed by atoms with E-state index in [4.69, 9.17) is 14.7 Å². The minimum Gasteiger partial charge on any atom is -0.487 e. The topological polar surface area (TPSA) is 84.3 Å². The molecule has 2 aromatic heterocycles. The fraction of sp³-hybridized carbons (Fsp3) is 0.375. The number of ether oxygens (including phenoxy) is 1. The number of halogens is 2. The Bertz CT molecular complexity index is 1200. The molecule has 0 unspecified atom stereocenters. The number of aromatic nitrogens is 4. The molecule has 1 saturated heterocycles. The highest BCUT2D eigenvalue weighted by atomic mass is 19.1. The number of piperidine rings is 1. The Morgan fingerprint density at radius 3 is 2.62 bits per heavy atom. The summed E-state index contributed by atoms with van der Waals surface area (Å²) in [6, 6.07) is 3.34. The number of hydrogen-bond donors (Lipinski definition) is 0. The van der Waals surface area contributed by atoms with Gasteiger partial charge in [-0.15, -0.1) is 0 Å². The zero-order valence-electron chi connectivity index (χ0n) is 18.7. The molecule has 0 radical (unpaired) electrons. The van der Waals surface area contributed by atoms with Crippen LogP contribution in [0.25, 0.3) is 11.4 Å². The number of rotatable bonds is 4. The summed E-state index contributed by atoms with van der Waals surface area (Å²) >= 11 is 0. The number of carbonyl (C=O) groups is 1. The van der Waals surface area contributed by atoms with Gasteiger partial charge in [0, 0.05) is 64.3 Å². The van der Waals surface area contributed by atoms with Gasteiger partial charge in [-0.1, -0.05) is 0 Å². The summed E-state index contributed by atoms with van der Waals surface area (Å²) in [6.07, 6.45) is 6.60. The van der Waals surface area contributed by atoms with Gasteiger partial charge in [0.2, 0.25) is 5.91 Å². The molecule has 0 N–H and O–H groups in total. The quantitative estimate of drug-likeness (QED) is 0.584. The second-order valence-electron chi connectivity index (χ2n) is 8.45. The maximum absolute atomic E-state index is 14.0. The average molecular weight is 466 g/mol. The van der Waals surface area contributed by atoms with E-state index < -0.39 is 11.6 Å². The first-order valence-corrected chi connectivity index (χ1v) is 11.3. The maximum atomic E-state index is 14.0. The highest BCUT2D eigenvalue weighted by Gasteiger charge is 2.29. The van der Waals surface area contributed by atoms with Gasteiger partial charge >= 0.3 is 0 Å². The van der Waals surface area contributed by atoms with Crippen molar-refractivity contribution in [3.63, 3.8) is 0 Å². The molecule has 0 spiro atoms. The van der Waals surface area contributed by atoms with Crippen molar-refractivity contribution in [2.24, 2.45) is 0 Å². The van der Waals surface area contributed by atoms with E-state index in [2.05, 4.69) is 14.9 Å². The third kappa shape index (κ3) is 4.52. The smallest absolute Gasteiger partial charge is 0.219 e. The summed E-state index contributed by atoms with van der Waals surface area (Å²) in [4.78, 5) is 34.2. The summed E-state index contributed by atoms with van der Waals surface area (Å²) < 4.78 is 33.0. The van der Waals surface area contributed by atoms with Crippen molar-refractivity contribution in [3.8, 4) is 17.1 Å². The molecule has 4 heterocycles. The molecule has 3 aromatic rings. The number of fused-ring (bicyclic) bond motifs is 1. The molecule has 2 aliphatic heterocycles. The van der Waals surface area contributed by atoms with Gasteiger partial charge in [-0.25, -0.2) is 18.7 Å². The van der Waals surface area contributed by atoms with Gasteiger partial charge in [-0.05, 0) is 12.1 Å². The molecule has 1 fully saturated rings. The molecule has 0 atom stereocenters. The van der Waals surface area contributed by atoms with Crippen molar-refractivity contribution in [1.82, 2.24) is 24.8 Å². The second kappa shape index (κ2) is 9.28. The van der Waals surface area contributed by atoms with Crippen LogP contribution in [-0.2, 0) is 17.8 Å². The van der Waals surface area contributed by atoms with Gasteiger partial charge in [0.1, 0.15) is 23.3 Å². The first-order chi connectivity index (χ1) is 16.5. The first-order valence-electron chi connectivity index (χ1n) is 11.3. The Morgan fingerprint density at radius 1 is 1.09 bits per heavy atom. The van der Waals surface area contributed by atoms with E-state index in [0.717, 1.165) is 23.3 Å². The van der Waals surface area contributed by atoms with Crippen LogP contribution in [0, 0.1) is 11.6 Å². The van der Waals surface area contributed by atoms with Crippen molar-refractivity contribution in [3.05, 3.63) is 59.8 Å². The Balaban J connectivity index is 1.38. The number of benzene rings is 1. The van der Waals surface area contributed by atoms with Crippen molar-refractivity contribution >= 4 is 11.7 Å². The number of hydrogen-bond acceptors (Lipinski definition) is 7. The molecule has 1 amide bonds. The summed E-state index contributed by atoms with van der Waals surface area (Å²) in [7, 11) is 0. The molecule has 34 heavy (non-hydrogen) atoms. The Labute approximate surface area is 195 Å². The van der Waals surface area contributed by atoms with Crippen molar-refractivity contribution in [1.29, 1.82) is 0 Å². The third-order valence-electron chi connectivity index (χ3n) is 6.17. The van der Waals surface area contributed by atoms with Gasteiger partial charge < -0.3 is 14.5 Å². The van der Waals surface area contributed by atoms with Crippen molar-refractivity contribution < 1.29 is 18.3 Å². The predicted molar refractivity (Wildman–Crippen MR) is 120 cm³/mol. The normalized spacial score (nSPS) is 16.3. The predicted octanol–water partition coefficient (Wildman–Crippen LogP) is 3.16. The number of nitrogens with zero attached hydrogens (tertiary/aromatic N) is 6. The molecular formula is C24H24F2N6O2. The summed E-state index contributed by atoms with van der Waals surface area (Å²) in [5.74, 6) is -0.538. The second-order valence-corrected chi connectivity index (χ2v) is 8.45. The van der Waals surface area contributed by atoms with E-state index in [0.29, 0.717) is 56.8 Å². The summed E-state index contributed by atoms with van der Waals surface area (Å²) in [6.45, 7) is 3.85. The average Bonchev–Trinajstić information content (AvgIpc) is 2.85. The van der Waals surface area contributed by atoms with E-state index >= 15 is 0 Å². The van der Waals surface area contributed by atoms with Gasteiger partial charge in [-0.2, -0.15) is 0 Å². The van der Waals surface area contributed by atoms with E-state index in [1.807, 2.05) is 0 Å². The Kier molecular flexibility index (Phi) is 6.04. The molecule has 176 valence electrons. The van der Waals surface area contributed by atoms with Crippen LogP contribution in [0.4, 0.5) is 14.6 Å². The number of anilines is 1. The molecule has 0 aliphatic carbocycles. The monoisotopic (exact) mass is 466 g/mol. The lowest BCUT2D eigenvalue weighted by atomic mass is 10.1. The van der Waals surface area contributed by atoms with Gasteiger partial charge in [0.25, 0.3) is 0 Å². The van der Waals surface area contributed by atoms with Crippen LogP contribution < -0.4 is 9.64 Å². The minimum atomic E-state index is -0.701. The van der Waals surface area contributed by atoms with Crippen LogP contribution in [0.5, 0.6) is 5.75 Å². The molecule has 10 heteroatoms. The van der Waals surface area contributed by atoms with Crippen LogP contribution in [0.2, 0.25) is 0 Å². The number of carbonyl (C=O) groups excluding carboxylic acids is 1. The van der Waals surface area contributed by atoms with Gasteiger partial charge in [0.05, 0.1) is 24.1 Å². The van der Waals surface area contributed by atoms with Gasteiger partial charge in [0.15, 0.2) is 17.4 Å². The fourth-order valence-corrected chi connectivity index (χ4v) is 4.34. The van der Waals surface area contributed by atoms with Crippen molar-refractivity contribution in [2.45, 2.75) is 38.8 Å². The highest BCUT2D eigenvalue weighted by molar-refractivity contribution is 5.74. The van der Waals surface area contributed by atoms with Crippen LogP contribution in [0.1, 0.15) is 31.2 Å². The lowest BCUT2D eigenvalue weighted by Crippen LogP contribution is -2.40. The largest absolute Gasteiger partial charge is 0.487 e. The maximum Gasteiger partial charge on any atom is 0.219 e. The molecule has 2 aliphatic rings. The molecule has 0 bridgehead atoms. The molecule has 5 rings (SSSR count). The standard InChI is InChI=1S/C24H24F2N6O2/c1-15(33)32-11-6-19-21(14-32)29-23(20-13-27-7-8-28-20)24(30-19)31-9-4-17(5-10-31)34-22-3-2-16(25)12-18(22)26/h2-3,7-8,12-13,17H,4-6,9-11,14H2,1H3. The van der Waals surface area contributed by atoms with Crippen molar-refractivity contribution in [2.75, 3.05) is 24.5 Å². The SMILES string of the molecule is CC(=O)N1CCc2nc(N3CCC(Oc4ccc(F)cc4F)CC3)c(-c3cnccn3)nc2C1. The molecule has 1 aromatic carbocycles. The molecule has 0 saturated carbocycles. The Morgan fingerprint density at radius 2 is 1.91 bits per heavy atom. The lowest BCUT2D eigenvalue weighted by molar-refractivity contribution is -0.129. The van der Waals surface area contributed by atoms with Crippen LogP contribution in [0.15, 0.2) is 36.8 Å². The van der Waals surface area contributed by atoms with E-state index in [-0.39, 0.29) is 17.8 Å². The molecular weight excluding hydrogens is 442 g/mol. The van der Waals surface area contributed by atoms with Gasteiger partial charge in [-0.3, -0.25) is 14.8 Å².